The molecular weight excluding hydrogens is 366 g/mol. The number of nitrogens with one attached hydrogen (secondary N) is 1. The molecule has 0 aliphatic heterocycles. The van der Waals surface area contributed by atoms with Crippen molar-refractivity contribution in [3.63, 3.8) is 0 Å². The number of fused-ring (bicyclic) bond motifs is 5. The van der Waals surface area contributed by atoms with Crippen LogP contribution in [-0.2, 0) is 12.8 Å². The lowest BCUT2D eigenvalue weighted by Gasteiger charge is -2.62. The van der Waals surface area contributed by atoms with Gasteiger partial charge < -0.3 is 10.1 Å². The van der Waals surface area contributed by atoms with Gasteiger partial charge in [-0.2, -0.15) is 0 Å². The van der Waals surface area contributed by atoms with Gasteiger partial charge in [0.2, 0.25) is 0 Å². The molecule has 0 bridgehead atoms. The molecule has 0 radical (unpaired) electrons. The Morgan fingerprint density at radius 3 is 2.80 bits per heavy atom. The van der Waals surface area contributed by atoms with Gasteiger partial charge in [-0.15, -0.1) is 0 Å². The predicted molar refractivity (Wildman–Crippen MR) is 126 cm³/mol. The zero-order valence-corrected chi connectivity index (χ0v) is 19.1. The Balaban J connectivity index is 1.65. The zero-order valence-electron chi connectivity index (χ0n) is 19.1. The highest BCUT2D eigenvalue weighted by molar-refractivity contribution is 5.85. The summed E-state index contributed by atoms with van der Waals surface area (Å²) in [5.41, 5.74) is 8.88. The number of rotatable bonds is 3. The fourth-order valence-electron chi connectivity index (χ4n) is 7.35. The van der Waals surface area contributed by atoms with Crippen molar-refractivity contribution in [3.05, 3.63) is 58.3 Å². The van der Waals surface area contributed by atoms with Crippen LogP contribution in [0.5, 0.6) is 0 Å². The summed E-state index contributed by atoms with van der Waals surface area (Å²) >= 11 is 0. The third kappa shape index (κ3) is 2.72. The molecule has 160 valence electrons. The second-order valence-electron chi connectivity index (χ2n) is 10.8. The fraction of sp³-hybridized carbons (Fsp3) is 0.571. The number of aromatic amines is 1. The summed E-state index contributed by atoms with van der Waals surface area (Å²) in [6, 6.07) is 8.77. The minimum absolute atomic E-state index is 0.0831. The summed E-state index contributed by atoms with van der Waals surface area (Å²) in [5, 5.41) is 13.1. The molecule has 2 heteroatoms. The molecule has 5 rings (SSSR count). The Hall–Kier alpha value is -1.80. The summed E-state index contributed by atoms with van der Waals surface area (Å²) in [7, 11) is 0. The summed E-state index contributed by atoms with van der Waals surface area (Å²) in [5.74, 6) is 0.658. The van der Waals surface area contributed by atoms with Crippen LogP contribution in [0.25, 0.3) is 10.9 Å². The SMILES string of the molecule is CC(C)=CCC[C@]12C3=C(CC[C@@]1(C)[C@H](C)CC[C@@H]2O)Cc1[nH]c2ccccc2c1C3. The molecule has 0 saturated heterocycles. The highest BCUT2D eigenvalue weighted by atomic mass is 16.3. The highest BCUT2D eigenvalue weighted by Gasteiger charge is 2.60. The molecule has 3 aliphatic carbocycles. The van der Waals surface area contributed by atoms with E-state index in [1.165, 1.54) is 40.6 Å². The fourth-order valence-corrected chi connectivity index (χ4v) is 7.35. The van der Waals surface area contributed by atoms with E-state index in [1.807, 2.05) is 0 Å². The molecule has 0 spiro atoms. The highest BCUT2D eigenvalue weighted by Crippen LogP contribution is 2.66. The van der Waals surface area contributed by atoms with E-state index < -0.39 is 0 Å². The molecule has 1 fully saturated rings. The maximum atomic E-state index is 11.7. The Kier molecular flexibility index (Phi) is 4.78. The van der Waals surface area contributed by atoms with Crippen molar-refractivity contribution >= 4 is 10.9 Å². The van der Waals surface area contributed by atoms with Gasteiger partial charge in [-0.05, 0) is 81.8 Å². The normalized spacial score (nSPS) is 33.1. The monoisotopic (exact) mass is 403 g/mol. The standard InChI is InChI=1S/C28H37NO/c1-18(2)8-7-14-28-23-17-22-21-9-5-6-10-24(21)29-25(22)16-20(23)13-15-27(28,4)19(3)11-12-26(28)30/h5-6,8-10,19,26,29-30H,7,11-17H2,1-4H3/t19-,26+,27+,28-/m1/s1. The molecule has 2 N–H and O–H groups in total. The minimum Gasteiger partial charge on any atom is -0.392 e. The van der Waals surface area contributed by atoms with Gasteiger partial charge in [0.15, 0.2) is 0 Å². The van der Waals surface area contributed by atoms with Crippen molar-refractivity contribution in [1.29, 1.82) is 0 Å². The van der Waals surface area contributed by atoms with Crippen LogP contribution in [-0.4, -0.2) is 16.2 Å². The Labute approximate surface area is 181 Å². The van der Waals surface area contributed by atoms with Crippen LogP contribution < -0.4 is 0 Å². The molecule has 1 aromatic carbocycles. The molecule has 2 nitrogen and oxygen atoms in total. The number of aliphatic hydroxyl groups excluding tert-OH is 1. The quantitative estimate of drug-likeness (QED) is 0.538. The van der Waals surface area contributed by atoms with E-state index in [4.69, 9.17) is 0 Å². The first-order valence-electron chi connectivity index (χ1n) is 12.0. The number of H-pyrrole nitrogens is 1. The number of hydrogen-bond acceptors (Lipinski definition) is 1. The maximum absolute atomic E-state index is 11.7. The predicted octanol–water partition coefficient (Wildman–Crippen LogP) is 6.89. The summed E-state index contributed by atoms with van der Waals surface area (Å²) in [6.07, 6.45) is 10.9. The number of benzene rings is 1. The molecule has 1 heterocycles. The molecule has 3 aliphatic rings. The Bertz CT molecular complexity index is 1040. The van der Waals surface area contributed by atoms with Crippen LogP contribution in [0.1, 0.15) is 77.5 Å². The molecule has 4 atom stereocenters. The van der Waals surface area contributed by atoms with Crippen molar-refractivity contribution in [2.45, 2.75) is 85.2 Å². The Morgan fingerprint density at radius 2 is 2.00 bits per heavy atom. The van der Waals surface area contributed by atoms with E-state index in [0.717, 1.165) is 38.5 Å². The van der Waals surface area contributed by atoms with Crippen molar-refractivity contribution in [1.82, 2.24) is 4.98 Å². The first kappa shape index (κ1) is 20.1. The maximum Gasteiger partial charge on any atom is 0.0639 e. The largest absolute Gasteiger partial charge is 0.392 e. The zero-order chi connectivity index (χ0) is 21.1. The summed E-state index contributed by atoms with van der Waals surface area (Å²) in [4.78, 5) is 3.72. The molecular formula is C28H37NO. The van der Waals surface area contributed by atoms with Crippen molar-refractivity contribution in [2.24, 2.45) is 16.7 Å². The van der Waals surface area contributed by atoms with Gasteiger partial charge >= 0.3 is 0 Å². The number of hydrogen-bond donors (Lipinski definition) is 2. The average Bonchev–Trinajstić information content (AvgIpc) is 3.08. The first-order chi connectivity index (χ1) is 14.4. The second kappa shape index (κ2) is 7.12. The third-order valence-electron chi connectivity index (χ3n) is 9.20. The van der Waals surface area contributed by atoms with E-state index in [-0.39, 0.29) is 16.9 Å². The van der Waals surface area contributed by atoms with Crippen LogP contribution in [0.3, 0.4) is 0 Å². The van der Waals surface area contributed by atoms with Gasteiger partial charge in [-0.25, -0.2) is 0 Å². The van der Waals surface area contributed by atoms with E-state index in [0.29, 0.717) is 5.92 Å². The van der Waals surface area contributed by atoms with Gasteiger partial charge in [0.1, 0.15) is 0 Å². The van der Waals surface area contributed by atoms with Gasteiger partial charge in [0.05, 0.1) is 6.10 Å². The average molecular weight is 404 g/mol. The number of para-hydroxylation sites is 1. The molecule has 30 heavy (non-hydrogen) atoms. The molecule has 1 aromatic heterocycles. The smallest absolute Gasteiger partial charge is 0.0639 e. The molecule has 1 saturated carbocycles. The van der Waals surface area contributed by atoms with E-state index in [9.17, 15) is 5.11 Å². The third-order valence-corrected chi connectivity index (χ3v) is 9.20. The second-order valence-corrected chi connectivity index (χ2v) is 10.8. The molecule has 2 aromatic rings. The van der Waals surface area contributed by atoms with Crippen LogP contribution in [0, 0.1) is 16.7 Å². The van der Waals surface area contributed by atoms with Gasteiger partial charge in [0, 0.05) is 28.4 Å². The van der Waals surface area contributed by atoms with Gasteiger partial charge in [-0.3, -0.25) is 0 Å². The van der Waals surface area contributed by atoms with E-state index in [1.54, 1.807) is 11.1 Å². The van der Waals surface area contributed by atoms with Crippen molar-refractivity contribution in [2.75, 3.05) is 0 Å². The van der Waals surface area contributed by atoms with Crippen LogP contribution in [0.2, 0.25) is 0 Å². The first-order valence-corrected chi connectivity index (χ1v) is 12.0. The topological polar surface area (TPSA) is 36.0 Å². The summed E-state index contributed by atoms with van der Waals surface area (Å²) < 4.78 is 0. The number of aromatic nitrogens is 1. The van der Waals surface area contributed by atoms with Crippen LogP contribution in [0.15, 0.2) is 47.1 Å². The van der Waals surface area contributed by atoms with Gasteiger partial charge in [0.25, 0.3) is 0 Å². The lowest BCUT2D eigenvalue weighted by molar-refractivity contribution is -0.126. The van der Waals surface area contributed by atoms with E-state index >= 15 is 0 Å². The lowest BCUT2D eigenvalue weighted by atomic mass is 9.42. The Morgan fingerprint density at radius 1 is 1.20 bits per heavy atom. The van der Waals surface area contributed by atoms with Crippen LogP contribution >= 0.6 is 0 Å². The van der Waals surface area contributed by atoms with Crippen molar-refractivity contribution < 1.29 is 5.11 Å². The lowest BCUT2D eigenvalue weighted by Crippen LogP contribution is -2.58. The molecule has 0 unspecified atom stereocenters. The number of allylic oxidation sites excluding steroid dienone is 3. The van der Waals surface area contributed by atoms with Crippen LogP contribution in [0.4, 0.5) is 0 Å². The van der Waals surface area contributed by atoms with Gasteiger partial charge in [-0.1, -0.05) is 54.8 Å². The summed E-state index contributed by atoms with van der Waals surface area (Å²) in [6.45, 7) is 9.35. The van der Waals surface area contributed by atoms with E-state index in [2.05, 4.69) is 63.0 Å². The van der Waals surface area contributed by atoms with Crippen molar-refractivity contribution in [3.8, 4) is 0 Å². The molecule has 0 amide bonds. The number of aliphatic hydroxyl groups is 1. The minimum atomic E-state index is -0.221.